The summed E-state index contributed by atoms with van der Waals surface area (Å²) in [4.78, 5) is 8.84. The number of nitrogen functional groups attached to an aromatic ring is 1. The molecule has 4 aromatic rings. The molecule has 2 aromatic carbocycles. The van der Waals surface area contributed by atoms with Gasteiger partial charge in [-0.2, -0.15) is 0 Å². The number of ether oxygens (including phenoxy) is 1. The van der Waals surface area contributed by atoms with Crippen LogP contribution in [0.4, 0.5) is 5.82 Å². The van der Waals surface area contributed by atoms with Gasteiger partial charge in [0, 0.05) is 5.56 Å². The highest BCUT2D eigenvalue weighted by Gasteiger charge is 2.12. The average Bonchev–Trinajstić information content (AvgIpc) is 3.01. The molecule has 0 bridgehead atoms. The molecular formula is C17H14N4O. The topological polar surface area (TPSA) is 65.4 Å². The van der Waals surface area contributed by atoms with Crippen LogP contribution in [-0.4, -0.2) is 21.5 Å². The molecule has 0 aliphatic carbocycles. The van der Waals surface area contributed by atoms with Gasteiger partial charge in [0.05, 0.1) is 30.0 Å². The van der Waals surface area contributed by atoms with Crippen LogP contribution < -0.4 is 10.5 Å². The third-order valence-electron chi connectivity index (χ3n) is 3.74. The second-order valence-corrected chi connectivity index (χ2v) is 5.02. The molecule has 0 atom stereocenters. The number of fused-ring (bicyclic) bond motifs is 3. The minimum absolute atomic E-state index is 0.429. The maximum atomic E-state index is 6.04. The number of hydrogen-bond donors (Lipinski definition) is 1. The van der Waals surface area contributed by atoms with Crippen molar-refractivity contribution in [3.8, 4) is 17.0 Å². The van der Waals surface area contributed by atoms with Gasteiger partial charge >= 0.3 is 0 Å². The Balaban J connectivity index is 2.05. The number of imidazole rings is 1. The zero-order valence-corrected chi connectivity index (χ0v) is 12.0. The van der Waals surface area contributed by atoms with E-state index in [0.717, 1.165) is 28.0 Å². The van der Waals surface area contributed by atoms with Crippen molar-refractivity contribution in [3.05, 3.63) is 54.7 Å². The van der Waals surface area contributed by atoms with Crippen molar-refractivity contribution >= 4 is 22.5 Å². The first-order valence-electron chi connectivity index (χ1n) is 6.94. The van der Waals surface area contributed by atoms with Gasteiger partial charge in [-0.15, -0.1) is 0 Å². The molecule has 2 aromatic heterocycles. The number of benzene rings is 2. The first kappa shape index (κ1) is 12.6. The van der Waals surface area contributed by atoms with Crippen LogP contribution in [0.1, 0.15) is 0 Å². The molecule has 0 spiro atoms. The third-order valence-corrected chi connectivity index (χ3v) is 3.74. The first-order chi connectivity index (χ1) is 10.8. The number of nitrogens with zero attached hydrogens (tertiary/aromatic N) is 3. The largest absolute Gasteiger partial charge is 0.497 e. The molecular weight excluding hydrogens is 276 g/mol. The van der Waals surface area contributed by atoms with Crippen LogP contribution >= 0.6 is 0 Å². The predicted octanol–water partition coefficient (Wildman–Crippen LogP) is 3.14. The number of nitrogens with two attached hydrogens (primary N) is 1. The predicted molar refractivity (Wildman–Crippen MR) is 86.9 cm³/mol. The maximum absolute atomic E-state index is 6.04. The van der Waals surface area contributed by atoms with Gasteiger partial charge in [-0.1, -0.05) is 12.1 Å². The highest BCUT2D eigenvalue weighted by atomic mass is 16.5. The summed E-state index contributed by atoms with van der Waals surface area (Å²) in [5.41, 5.74) is 10.6. The second kappa shape index (κ2) is 4.73. The van der Waals surface area contributed by atoms with E-state index >= 15 is 0 Å². The zero-order valence-electron chi connectivity index (χ0n) is 12.0. The van der Waals surface area contributed by atoms with Crippen molar-refractivity contribution in [1.82, 2.24) is 14.4 Å². The number of hydrogen-bond acceptors (Lipinski definition) is 4. The lowest BCUT2D eigenvalue weighted by Gasteiger charge is -2.08. The Labute approximate surface area is 127 Å². The fourth-order valence-corrected chi connectivity index (χ4v) is 2.67. The Morgan fingerprint density at radius 1 is 1.05 bits per heavy atom. The van der Waals surface area contributed by atoms with E-state index < -0.39 is 0 Å². The van der Waals surface area contributed by atoms with Crippen molar-refractivity contribution in [2.75, 3.05) is 12.8 Å². The summed E-state index contributed by atoms with van der Waals surface area (Å²) >= 11 is 0. The number of rotatable bonds is 2. The highest BCUT2D eigenvalue weighted by molar-refractivity contribution is 5.85. The third kappa shape index (κ3) is 1.79. The van der Waals surface area contributed by atoms with Gasteiger partial charge in [-0.05, 0) is 36.4 Å². The normalized spacial score (nSPS) is 11.1. The quantitative estimate of drug-likeness (QED) is 0.616. The fourth-order valence-electron chi connectivity index (χ4n) is 2.67. The molecule has 5 heteroatoms. The van der Waals surface area contributed by atoms with Crippen LogP contribution in [0.15, 0.2) is 54.7 Å². The molecule has 108 valence electrons. The van der Waals surface area contributed by atoms with E-state index in [1.807, 2.05) is 59.1 Å². The minimum Gasteiger partial charge on any atom is -0.497 e. The molecule has 0 amide bonds. The van der Waals surface area contributed by atoms with Gasteiger partial charge in [0.1, 0.15) is 5.75 Å². The summed E-state index contributed by atoms with van der Waals surface area (Å²) in [6.45, 7) is 0. The molecule has 2 N–H and O–H groups in total. The molecule has 0 saturated carbocycles. The Kier molecular flexibility index (Phi) is 2.72. The van der Waals surface area contributed by atoms with Crippen LogP contribution in [0.3, 0.4) is 0 Å². The van der Waals surface area contributed by atoms with Crippen molar-refractivity contribution < 1.29 is 4.74 Å². The monoisotopic (exact) mass is 290 g/mol. The summed E-state index contributed by atoms with van der Waals surface area (Å²) in [5.74, 6) is 1.25. The highest BCUT2D eigenvalue weighted by Crippen LogP contribution is 2.28. The van der Waals surface area contributed by atoms with E-state index in [9.17, 15) is 0 Å². The van der Waals surface area contributed by atoms with E-state index in [-0.39, 0.29) is 0 Å². The van der Waals surface area contributed by atoms with E-state index in [0.29, 0.717) is 11.5 Å². The second-order valence-electron chi connectivity index (χ2n) is 5.02. The van der Waals surface area contributed by atoms with Crippen LogP contribution in [-0.2, 0) is 0 Å². The number of para-hydroxylation sites is 2. The van der Waals surface area contributed by atoms with Gasteiger partial charge in [0.2, 0.25) is 0 Å². The number of methoxy groups -OCH3 is 1. The SMILES string of the molecule is COc1ccc(-c2cnc3c(N)nc4ccccc4n23)cc1. The molecule has 0 radical (unpaired) electrons. The van der Waals surface area contributed by atoms with Gasteiger partial charge in [-0.3, -0.25) is 4.40 Å². The minimum atomic E-state index is 0.429. The van der Waals surface area contributed by atoms with Gasteiger partial charge in [-0.25, -0.2) is 9.97 Å². The van der Waals surface area contributed by atoms with E-state index in [2.05, 4.69) is 9.97 Å². The maximum Gasteiger partial charge on any atom is 0.180 e. The van der Waals surface area contributed by atoms with Gasteiger partial charge < -0.3 is 10.5 Å². The van der Waals surface area contributed by atoms with Gasteiger partial charge in [0.25, 0.3) is 0 Å². The molecule has 0 saturated heterocycles. The summed E-state index contributed by atoms with van der Waals surface area (Å²) in [7, 11) is 1.66. The van der Waals surface area contributed by atoms with Crippen molar-refractivity contribution in [3.63, 3.8) is 0 Å². The smallest absolute Gasteiger partial charge is 0.180 e. The van der Waals surface area contributed by atoms with Crippen LogP contribution in [0.5, 0.6) is 5.75 Å². The lowest BCUT2D eigenvalue weighted by atomic mass is 10.1. The first-order valence-corrected chi connectivity index (χ1v) is 6.94. The standard InChI is InChI=1S/C17H14N4O/c1-22-12-8-6-11(7-9-12)15-10-19-17-16(18)20-13-4-2-3-5-14(13)21(15)17/h2-10H,1H3,(H2,18,20). The summed E-state index contributed by atoms with van der Waals surface area (Å²) in [6, 6.07) is 15.8. The van der Waals surface area contributed by atoms with E-state index in [1.165, 1.54) is 0 Å². The van der Waals surface area contributed by atoms with Crippen molar-refractivity contribution in [2.45, 2.75) is 0 Å². The lowest BCUT2D eigenvalue weighted by molar-refractivity contribution is 0.415. The van der Waals surface area contributed by atoms with Crippen molar-refractivity contribution in [2.24, 2.45) is 0 Å². The Hall–Kier alpha value is -3.08. The Bertz CT molecular complexity index is 973. The average molecular weight is 290 g/mol. The summed E-state index contributed by atoms with van der Waals surface area (Å²) in [6.07, 6.45) is 1.82. The van der Waals surface area contributed by atoms with Crippen LogP contribution in [0, 0.1) is 0 Å². The Morgan fingerprint density at radius 2 is 1.82 bits per heavy atom. The van der Waals surface area contributed by atoms with Crippen LogP contribution in [0.25, 0.3) is 27.9 Å². The van der Waals surface area contributed by atoms with Crippen molar-refractivity contribution in [1.29, 1.82) is 0 Å². The molecule has 4 rings (SSSR count). The molecule has 0 unspecified atom stereocenters. The summed E-state index contributed by atoms with van der Waals surface area (Å²) < 4.78 is 7.25. The number of anilines is 1. The molecule has 5 nitrogen and oxygen atoms in total. The molecule has 0 aliphatic rings. The molecule has 0 aliphatic heterocycles. The lowest BCUT2D eigenvalue weighted by Crippen LogP contribution is -1.99. The van der Waals surface area contributed by atoms with Crippen LogP contribution in [0.2, 0.25) is 0 Å². The fraction of sp³-hybridized carbons (Fsp3) is 0.0588. The van der Waals surface area contributed by atoms with E-state index in [4.69, 9.17) is 10.5 Å². The molecule has 2 heterocycles. The summed E-state index contributed by atoms with van der Waals surface area (Å²) in [5, 5.41) is 0. The molecule has 22 heavy (non-hydrogen) atoms. The van der Waals surface area contributed by atoms with Gasteiger partial charge in [0.15, 0.2) is 11.5 Å². The van der Waals surface area contributed by atoms with E-state index in [1.54, 1.807) is 7.11 Å². The zero-order chi connectivity index (χ0) is 15.1. The Morgan fingerprint density at radius 3 is 2.59 bits per heavy atom. The molecule has 0 fully saturated rings. The number of aromatic nitrogens is 3.